The summed E-state index contributed by atoms with van der Waals surface area (Å²) in [6.07, 6.45) is 1.29. The molecule has 1 N–H and O–H groups in total. The molecular weight excluding hydrogens is 374 g/mol. The van der Waals surface area contributed by atoms with Gasteiger partial charge in [-0.15, -0.1) is 0 Å². The SMILES string of the molecule is CN1CCN(CCCC(=O)c2ccccc2NC(=O)c2cccc(Cl)c2)CC1. The second kappa shape index (κ2) is 9.82. The summed E-state index contributed by atoms with van der Waals surface area (Å²) < 4.78 is 0. The van der Waals surface area contributed by atoms with Gasteiger partial charge in [-0.3, -0.25) is 9.59 Å². The first kappa shape index (κ1) is 20.5. The summed E-state index contributed by atoms with van der Waals surface area (Å²) in [6, 6.07) is 13.9. The number of hydrogen-bond acceptors (Lipinski definition) is 4. The fraction of sp³-hybridized carbons (Fsp3) is 0.364. The van der Waals surface area contributed by atoms with Gasteiger partial charge in [0, 0.05) is 48.7 Å². The van der Waals surface area contributed by atoms with Crippen LogP contribution in [-0.2, 0) is 0 Å². The predicted octanol–water partition coefficient (Wildman–Crippen LogP) is 3.80. The maximum absolute atomic E-state index is 12.7. The molecule has 0 aliphatic carbocycles. The number of likely N-dealkylation sites (N-methyl/N-ethyl adjacent to an activating group) is 1. The van der Waals surface area contributed by atoms with Gasteiger partial charge in [-0.1, -0.05) is 29.8 Å². The van der Waals surface area contributed by atoms with Crippen LogP contribution in [0.4, 0.5) is 5.69 Å². The van der Waals surface area contributed by atoms with Gasteiger partial charge in [0.05, 0.1) is 5.69 Å². The Kier molecular flexibility index (Phi) is 7.20. The molecule has 0 atom stereocenters. The second-order valence-corrected chi connectivity index (χ2v) is 7.62. The van der Waals surface area contributed by atoms with E-state index in [9.17, 15) is 9.59 Å². The summed E-state index contributed by atoms with van der Waals surface area (Å²) in [6.45, 7) is 5.18. The number of hydrogen-bond donors (Lipinski definition) is 1. The molecule has 0 aromatic heterocycles. The number of nitrogens with one attached hydrogen (secondary N) is 1. The van der Waals surface area contributed by atoms with Crippen LogP contribution in [0.15, 0.2) is 48.5 Å². The van der Waals surface area contributed by atoms with E-state index in [0.717, 1.165) is 39.1 Å². The van der Waals surface area contributed by atoms with Crippen molar-refractivity contribution in [3.05, 3.63) is 64.7 Å². The highest BCUT2D eigenvalue weighted by atomic mass is 35.5. The van der Waals surface area contributed by atoms with Crippen LogP contribution in [0.1, 0.15) is 33.6 Å². The lowest BCUT2D eigenvalue weighted by atomic mass is 10.0. The van der Waals surface area contributed by atoms with Crippen molar-refractivity contribution in [2.24, 2.45) is 0 Å². The average molecular weight is 400 g/mol. The molecule has 28 heavy (non-hydrogen) atoms. The molecule has 0 radical (unpaired) electrons. The lowest BCUT2D eigenvalue weighted by Crippen LogP contribution is -2.44. The highest BCUT2D eigenvalue weighted by Gasteiger charge is 2.16. The van der Waals surface area contributed by atoms with E-state index in [1.807, 2.05) is 12.1 Å². The lowest BCUT2D eigenvalue weighted by molar-refractivity contribution is 0.0968. The van der Waals surface area contributed by atoms with Gasteiger partial charge in [-0.25, -0.2) is 0 Å². The number of carbonyl (C=O) groups is 2. The van der Waals surface area contributed by atoms with E-state index in [2.05, 4.69) is 22.2 Å². The molecule has 2 aromatic rings. The van der Waals surface area contributed by atoms with Gasteiger partial charge in [-0.2, -0.15) is 0 Å². The zero-order valence-corrected chi connectivity index (χ0v) is 16.9. The fourth-order valence-corrected chi connectivity index (χ4v) is 3.52. The van der Waals surface area contributed by atoms with Gasteiger partial charge in [0.1, 0.15) is 0 Å². The van der Waals surface area contributed by atoms with Crippen LogP contribution in [0.3, 0.4) is 0 Å². The zero-order valence-electron chi connectivity index (χ0n) is 16.2. The molecule has 6 heteroatoms. The third-order valence-corrected chi connectivity index (χ3v) is 5.27. The third-order valence-electron chi connectivity index (χ3n) is 5.04. The number of para-hydroxylation sites is 1. The van der Waals surface area contributed by atoms with E-state index in [4.69, 9.17) is 11.6 Å². The number of rotatable bonds is 7. The number of carbonyl (C=O) groups excluding carboxylic acids is 2. The first-order valence-electron chi connectivity index (χ1n) is 9.63. The standard InChI is InChI=1S/C22H26ClN3O2/c1-25-12-14-26(15-13-25)11-5-10-21(27)19-8-2-3-9-20(19)24-22(28)17-6-4-7-18(23)16-17/h2-4,6-9,16H,5,10-15H2,1H3,(H,24,28). The Morgan fingerprint density at radius 3 is 2.54 bits per heavy atom. The molecule has 1 heterocycles. The van der Waals surface area contributed by atoms with Crippen LogP contribution < -0.4 is 5.32 Å². The highest BCUT2D eigenvalue weighted by Crippen LogP contribution is 2.20. The smallest absolute Gasteiger partial charge is 0.255 e. The van der Waals surface area contributed by atoms with Gasteiger partial charge in [0.25, 0.3) is 5.91 Å². The van der Waals surface area contributed by atoms with Crippen molar-refractivity contribution < 1.29 is 9.59 Å². The van der Waals surface area contributed by atoms with E-state index < -0.39 is 0 Å². The summed E-state index contributed by atoms with van der Waals surface area (Å²) in [7, 11) is 2.13. The summed E-state index contributed by atoms with van der Waals surface area (Å²) in [4.78, 5) is 30.0. The van der Waals surface area contributed by atoms with Crippen molar-refractivity contribution in [1.82, 2.24) is 9.80 Å². The molecule has 0 spiro atoms. The monoisotopic (exact) mass is 399 g/mol. The van der Waals surface area contributed by atoms with Gasteiger partial charge >= 0.3 is 0 Å². The van der Waals surface area contributed by atoms with Crippen LogP contribution in [0.5, 0.6) is 0 Å². The Balaban J connectivity index is 1.58. The molecule has 3 rings (SSSR count). The van der Waals surface area contributed by atoms with Crippen molar-refractivity contribution in [3.63, 3.8) is 0 Å². The zero-order chi connectivity index (χ0) is 19.9. The van der Waals surface area contributed by atoms with Crippen LogP contribution in [0.2, 0.25) is 5.02 Å². The minimum atomic E-state index is -0.278. The molecule has 0 unspecified atom stereocenters. The first-order valence-corrected chi connectivity index (χ1v) is 10.0. The molecule has 2 aromatic carbocycles. The minimum Gasteiger partial charge on any atom is -0.321 e. The quantitative estimate of drug-likeness (QED) is 0.719. The van der Waals surface area contributed by atoms with Crippen LogP contribution in [0, 0.1) is 0 Å². The van der Waals surface area contributed by atoms with Crippen molar-refractivity contribution in [1.29, 1.82) is 0 Å². The van der Waals surface area contributed by atoms with Gasteiger partial charge in [0.15, 0.2) is 5.78 Å². The molecule has 0 saturated carbocycles. The molecule has 0 bridgehead atoms. The maximum atomic E-state index is 12.7. The molecule has 1 amide bonds. The normalized spacial score (nSPS) is 15.4. The largest absolute Gasteiger partial charge is 0.321 e. The van der Waals surface area contributed by atoms with Crippen LogP contribution in [-0.4, -0.2) is 61.3 Å². The van der Waals surface area contributed by atoms with Gasteiger partial charge < -0.3 is 15.1 Å². The van der Waals surface area contributed by atoms with Crippen molar-refractivity contribution in [3.8, 4) is 0 Å². The topological polar surface area (TPSA) is 52.6 Å². The van der Waals surface area contributed by atoms with Gasteiger partial charge in [-0.05, 0) is 50.3 Å². The van der Waals surface area contributed by atoms with Crippen molar-refractivity contribution in [2.75, 3.05) is 45.1 Å². The van der Waals surface area contributed by atoms with E-state index in [-0.39, 0.29) is 11.7 Å². The van der Waals surface area contributed by atoms with Crippen molar-refractivity contribution >= 4 is 29.0 Å². The fourth-order valence-electron chi connectivity index (χ4n) is 3.33. The highest BCUT2D eigenvalue weighted by molar-refractivity contribution is 6.31. The summed E-state index contributed by atoms with van der Waals surface area (Å²) in [5, 5.41) is 3.35. The number of anilines is 1. The number of halogens is 1. The Labute approximate surface area is 171 Å². The molecule has 5 nitrogen and oxygen atoms in total. The maximum Gasteiger partial charge on any atom is 0.255 e. The third kappa shape index (κ3) is 5.64. The van der Waals surface area contributed by atoms with E-state index in [1.165, 1.54) is 0 Å². The van der Waals surface area contributed by atoms with Crippen LogP contribution >= 0.6 is 11.6 Å². The number of amides is 1. The number of benzene rings is 2. The van der Waals surface area contributed by atoms with E-state index in [0.29, 0.717) is 28.3 Å². The number of Topliss-reactive ketones (excluding diaryl/α,β-unsaturated/α-hetero) is 1. The molecule has 148 valence electrons. The summed E-state index contributed by atoms with van der Waals surface area (Å²) >= 11 is 5.96. The minimum absolute atomic E-state index is 0.0520. The van der Waals surface area contributed by atoms with Crippen LogP contribution in [0.25, 0.3) is 0 Å². The average Bonchev–Trinajstić information content (AvgIpc) is 2.70. The molecule has 1 aliphatic rings. The van der Waals surface area contributed by atoms with Gasteiger partial charge in [0.2, 0.25) is 0 Å². The number of piperazine rings is 1. The predicted molar refractivity (Wildman–Crippen MR) is 113 cm³/mol. The molecule has 1 fully saturated rings. The Morgan fingerprint density at radius 2 is 1.79 bits per heavy atom. The van der Waals surface area contributed by atoms with Crippen molar-refractivity contribution in [2.45, 2.75) is 12.8 Å². The second-order valence-electron chi connectivity index (χ2n) is 7.18. The Morgan fingerprint density at radius 1 is 1.04 bits per heavy atom. The molecular formula is C22H26ClN3O2. The van der Waals surface area contributed by atoms with E-state index in [1.54, 1.807) is 36.4 Å². The Hall–Kier alpha value is -2.21. The number of nitrogens with zero attached hydrogens (tertiary/aromatic N) is 2. The lowest BCUT2D eigenvalue weighted by Gasteiger charge is -2.32. The summed E-state index contributed by atoms with van der Waals surface area (Å²) in [5.74, 6) is -0.226. The number of ketones is 1. The summed E-state index contributed by atoms with van der Waals surface area (Å²) in [5.41, 5.74) is 1.55. The molecule has 1 saturated heterocycles. The molecule has 1 aliphatic heterocycles. The van der Waals surface area contributed by atoms with E-state index >= 15 is 0 Å². The Bertz CT molecular complexity index is 832. The first-order chi connectivity index (χ1) is 13.5.